The topological polar surface area (TPSA) is 43.7 Å². The summed E-state index contributed by atoms with van der Waals surface area (Å²) < 4.78 is 13.1. The summed E-state index contributed by atoms with van der Waals surface area (Å²) in [5, 5.41) is 1.18. The van der Waals surface area contributed by atoms with Crippen LogP contribution in [0.1, 0.15) is 36.3 Å². The molecule has 5 heteroatoms. The van der Waals surface area contributed by atoms with Gasteiger partial charge in [0.05, 0.1) is 14.2 Å². The minimum absolute atomic E-state index is 0.0711. The van der Waals surface area contributed by atoms with Gasteiger partial charge in [-0.25, -0.2) is 0 Å². The third kappa shape index (κ3) is 3.82. The summed E-state index contributed by atoms with van der Waals surface area (Å²) in [6, 6.07) is 14.3. The number of aromatic nitrogens is 1. The molecular formula is C24H28N2O3. The molecule has 0 aliphatic carbocycles. The highest BCUT2D eigenvalue weighted by atomic mass is 16.5. The molecule has 152 valence electrons. The van der Waals surface area contributed by atoms with Crippen molar-refractivity contribution in [3.63, 3.8) is 0 Å². The predicted molar refractivity (Wildman–Crippen MR) is 115 cm³/mol. The van der Waals surface area contributed by atoms with Crippen molar-refractivity contribution >= 4 is 16.8 Å². The Hall–Kier alpha value is -2.95. The lowest BCUT2D eigenvalue weighted by Crippen LogP contribution is -2.29. The summed E-state index contributed by atoms with van der Waals surface area (Å²) >= 11 is 0. The molecular weight excluding hydrogens is 364 g/mol. The van der Waals surface area contributed by atoms with Gasteiger partial charge < -0.3 is 18.9 Å². The normalized spacial score (nSPS) is 14.9. The molecule has 1 aromatic heterocycles. The Balaban J connectivity index is 1.82. The van der Waals surface area contributed by atoms with E-state index in [1.54, 1.807) is 14.2 Å². The SMILES string of the molecule is COc1cc(OC)cc([C@H](CC(=O)N2CCCC2)c2cn(C)c3ccccc23)c1. The van der Waals surface area contributed by atoms with Crippen molar-refractivity contribution in [2.45, 2.75) is 25.2 Å². The van der Waals surface area contributed by atoms with Gasteiger partial charge in [-0.1, -0.05) is 18.2 Å². The lowest BCUT2D eigenvalue weighted by molar-refractivity contribution is -0.130. The molecule has 1 fully saturated rings. The van der Waals surface area contributed by atoms with Crippen molar-refractivity contribution in [2.24, 2.45) is 7.05 Å². The summed E-state index contributed by atoms with van der Waals surface area (Å²) in [4.78, 5) is 15.1. The van der Waals surface area contributed by atoms with Crippen LogP contribution < -0.4 is 9.47 Å². The summed E-state index contributed by atoms with van der Waals surface area (Å²) in [5.41, 5.74) is 3.35. The van der Waals surface area contributed by atoms with Crippen LogP contribution in [-0.4, -0.2) is 42.7 Å². The molecule has 2 aromatic carbocycles. The molecule has 0 saturated carbocycles. The number of methoxy groups -OCH3 is 2. The number of para-hydroxylation sites is 1. The first-order valence-electron chi connectivity index (χ1n) is 10.2. The van der Waals surface area contributed by atoms with Gasteiger partial charge in [0.2, 0.25) is 5.91 Å². The van der Waals surface area contributed by atoms with Crippen LogP contribution in [-0.2, 0) is 11.8 Å². The smallest absolute Gasteiger partial charge is 0.223 e. The van der Waals surface area contributed by atoms with Crippen molar-refractivity contribution in [3.8, 4) is 11.5 Å². The molecule has 1 aliphatic heterocycles. The Labute approximate surface area is 171 Å². The van der Waals surface area contributed by atoms with E-state index >= 15 is 0 Å². The first kappa shape index (κ1) is 19.4. The minimum Gasteiger partial charge on any atom is -0.497 e. The van der Waals surface area contributed by atoms with Crippen LogP contribution in [0.3, 0.4) is 0 Å². The van der Waals surface area contributed by atoms with Crippen molar-refractivity contribution in [2.75, 3.05) is 27.3 Å². The highest BCUT2D eigenvalue weighted by Crippen LogP contribution is 2.38. The van der Waals surface area contributed by atoms with Gasteiger partial charge in [-0.2, -0.15) is 0 Å². The largest absolute Gasteiger partial charge is 0.497 e. The molecule has 1 amide bonds. The number of nitrogens with zero attached hydrogens (tertiary/aromatic N) is 2. The number of amides is 1. The molecule has 3 aromatic rings. The number of carbonyl (C=O) groups is 1. The molecule has 1 saturated heterocycles. The van der Waals surface area contributed by atoms with Crippen molar-refractivity contribution in [1.29, 1.82) is 0 Å². The van der Waals surface area contributed by atoms with Crippen LogP contribution in [0.15, 0.2) is 48.7 Å². The van der Waals surface area contributed by atoms with Crippen molar-refractivity contribution in [3.05, 3.63) is 59.8 Å². The fraction of sp³-hybridized carbons (Fsp3) is 0.375. The molecule has 0 N–H and O–H groups in total. The number of fused-ring (bicyclic) bond motifs is 1. The van der Waals surface area contributed by atoms with Gasteiger partial charge in [0, 0.05) is 55.6 Å². The summed E-state index contributed by atoms with van der Waals surface area (Å²) in [6.07, 6.45) is 4.78. The second-order valence-electron chi connectivity index (χ2n) is 7.70. The van der Waals surface area contributed by atoms with E-state index in [-0.39, 0.29) is 11.8 Å². The third-order valence-corrected chi connectivity index (χ3v) is 5.92. The van der Waals surface area contributed by atoms with E-state index < -0.39 is 0 Å². The summed E-state index contributed by atoms with van der Waals surface area (Å²) in [6.45, 7) is 1.73. The zero-order chi connectivity index (χ0) is 20.4. The van der Waals surface area contributed by atoms with E-state index in [0.29, 0.717) is 6.42 Å². The first-order chi connectivity index (χ1) is 14.1. The number of rotatable bonds is 6. The van der Waals surface area contributed by atoms with Crippen LogP contribution in [0.4, 0.5) is 0 Å². The van der Waals surface area contributed by atoms with Crippen LogP contribution in [0.25, 0.3) is 10.9 Å². The van der Waals surface area contributed by atoms with Gasteiger partial charge in [0.15, 0.2) is 0 Å². The second-order valence-corrected chi connectivity index (χ2v) is 7.70. The monoisotopic (exact) mass is 392 g/mol. The summed E-state index contributed by atoms with van der Waals surface area (Å²) in [7, 11) is 5.36. The summed E-state index contributed by atoms with van der Waals surface area (Å²) in [5.74, 6) is 1.61. The third-order valence-electron chi connectivity index (χ3n) is 5.92. The maximum absolute atomic E-state index is 13.1. The van der Waals surface area contributed by atoms with Gasteiger partial charge in [-0.3, -0.25) is 4.79 Å². The van der Waals surface area contributed by atoms with Gasteiger partial charge in [0.25, 0.3) is 0 Å². The Morgan fingerprint density at radius 2 is 1.69 bits per heavy atom. The first-order valence-corrected chi connectivity index (χ1v) is 10.2. The van der Waals surface area contributed by atoms with Gasteiger partial charge >= 0.3 is 0 Å². The Bertz CT molecular complexity index is 996. The molecule has 0 spiro atoms. The van der Waals surface area contributed by atoms with E-state index in [9.17, 15) is 4.79 Å². The quantitative estimate of drug-likeness (QED) is 0.627. The molecule has 29 heavy (non-hydrogen) atoms. The Kier molecular flexibility index (Phi) is 5.47. The Morgan fingerprint density at radius 1 is 1.03 bits per heavy atom. The molecule has 0 bridgehead atoms. The van der Waals surface area contributed by atoms with Gasteiger partial charge in [0.1, 0.15) is 11.5 Å². The number of benzene rings is 2. The van der Waals surface area contributed by atoms with Crippen LogP contribution in [0.5, 0.6) is 11.5 Å². The fourth-order valence-corrected chi connectivity index (χ4v) is 4.36. The average Bonchev–Trinajstić information content (AvgIpc) is 3.40. The lowest BCUT2D eigenvalue weighted by Gasteiger charge is -2.22. The minimum atomic E-state index is -0.0711. The number of hydrogen-bond acceptors (Lipinski definition) is 3. The maximum Gasteiger partial charge on any atom is 0.223 e. The van der Waals surface area contributed by atoms with Crippen molar-refractivity contribution in [1.82, 2.24) is 9.47 Å². The predicted octanol–water partition coefficient (Wildman–Crippen LogP) is 4.34. The zero-order valence-electron chi connectivity index (χ0n) is 17.4. The number of carbonyl (C=O) groups excluding carboxylic acids is 1. The molecule has 2 heterocycles. The lowest BCUT2D eigenvalue weighted by atomic mass is 9.87. The molecule has 1 atom stereocenters. The molecule has 1 aliphatic rings. The van der Waals surface area contributed by atoms with Crippen LogP contribution in [0, 0.1) is 0 Å². The number of hydrogen-bond donors (Lipinski definition) is 0. The molecule has 5 nitrogen and oxygen atoms in total. The molecule has 4 rings (SSSR count). The van der Waals surface area contributed by atoms with E-state index in [1.807, 2.05) is 29.2 Å². The maximum atomic E-state index is 13.1. The molecule has 0 unspecified atom stereocenters. The van der Waals surface area contributed by atoms with E-state index in [1.165, 1.54) is 5.39 Å². The van der Waals surface area contributed by atoms with Crippen LogP contribution in [0.2, 0.25) is 0 Å². The van der Waals surface area contributed by atoms with Crippen molar-refractivity contribution < 1.29 is 14.3 Å². The Morgan fingerprint density at radius 3 is 2.34 bits per heavy atom. The van der Waals surface area contributed by atoms with E-state index in [4.69, 9.17) is 9.47 Å². The van der Waals surface area contributed by atoms with E-state index in [0.717, 1.165) is 54.1 Å². The standard InChI is InChI=1S/C24H28N2O3/c1-25-16-22(20-8-4-5-9-23(20)25)21(15-24(27)26-10-6-7-11-26)17-12-18(28-2)14-19(13-17)29-3/h4-5,8-9,12-14,16,21H,6-7,10-11,15H2,1-3H3/t21-/m0/s1. The van der Waals surface area contributed by atoms with Gasteiger partial charge in [-0.15, -0.1) is 0 Å². The number of likely N-dealkylation sites (tertiary alicyclic amines) is 1. The zero-order valence-corrected chi connectivity index (χ0v) is 17.4. The second kappa shape index (κ2) is 8.19. The molecule has 0 radical (unpaired) electrons. The van der Waals surface area contributed by atoms with E-state index in [2.05, 4.69) is 36.0 Å². The highest BCUT2D eigenvalue weighted by Gasteiger charge is 2.27. The fourth-order valence-electron chi connectivity index (χ4n) is 4.36. The number of aryl methyl sites for hydroxylation is 1. The van der Waals surface area contributed by atoms with Gasteiger partial charge in [-0.05, 0) is 42.2 Å². The van der Waals surface area contributed by atoms with Crippen LogP contribution >= 0.6 is 0 Å². The number of ether oxygens (including phenoxy) is 2. The average molecular weight is 392 g/mol. The highest BCUT2D eigenvalue weighted by molar-refractivity contribution is 5.86.